The van der Waals surface area contributed by atoms with Gasteiger partial charge in [-0.25, -0.2) is 26.7 Å². The topological polar surface area (TPSA) is 52.1 Å². The van der Waals surface area contributed by atoms with Crippen LogP contribution in [0.5, 0.6) is 0 Å². The van der Waals surface area contributed by atoms with E-state index >= 15 is 0 Å². The number of nitrogens with zero attached hydrogens (tertiary/aromatic N) is 2. The predicted molar refractivity (Wildman–Crippen MR) is 60.0 cm³/mol. The summed E-state index contributed by atoms with van der Waals surface area (Å²) in [5.74, 6) is -11.6. The summed E-state index contributed by atoms with van der Waals surface area (Å²) in [5, 5.41) is 3.52. The Morgan fingerprint density at radius 3 is 2.05 bits per heavy atom. The minimum atomic E-state index is -2.28. The van der Waals surface area contributed by atoms with Gasteiger partial charge in [0.25, 0.3) is 0 Å². The van der Waals surface area contributed by atoms with Gasteiger partial charge in [-0.05, 0) is 18.5 Å². The lowest BCUT2D eigenvalue weighted by Gasteiger charge is -2.08. The number of aryl methyl sites for hydroxylation is 1. The normalized spacial score (nSPS) is 10.8. The molecule has 10 heteroatoms. The highest BCUT2D eigenvalue weighted by Gasteiger charge is 2.26. The largest absolute Gasteiger partial charge is 0.456 e. The fraction of sp³-hybridized carbons (Fsp3) is 0.182. The second-order valence-corrected chi connectivity index (χ2v) is 4.57. The third-order valence-corrected chi connectivity index (χ3v) is 3.29. The Balaban J connectivity index is 2.25. The van der Waals surface area contributed by atoms with Crippen LogP contribution in [0.15, 0.2) is 0 Å². The van der Waals surface area contributed by atoms with Crippen molar-refractivity contribution in [3.8, 4) is 0 Å². The van der Waals surface area contributed by atoms with Gasteiger partial charge >= 0.3 is 5.97 Å². The van der Waals surface area contributed by atoms with Gasteiger partial charge in [-0.15, -0.1) is 5.10 Å². The van der Waals surface area contributed by atoms with E-state index in [0.717, 1.165) is 0 Å². The van der Waals surface area contributed by atoms with Gasteiger partial charge in [0, 0.05) is 0 Å². The Morgan fingerprint density at radius 1 is 1.05 bits per heavy atom. The van der Waals surface area contributed by atoms with Crippen LogP contribution in [-0.4, -0.2) is 15.6 Å². The van der Waals surface area contributed by atoms with E-state index in [2.05, 4.69) is 14.3 Å². The Labute approximate surface area is 118 Å². The Hall–Kier alpha value is -2.10. The van der Waals surface area contributed by atoms with E-state index < -0.39 is 47.2 Å². The summed E-state index contributed by atoms with van der Waals surface area (Å²) in [7, 11) is 0. The minimum absolute atomic E-state index is 0.0288. The monoisotopic (exact) mass is 324 g/mol. The number of aromatic nitrogens is 2. The van der Waals surface area contributed by atoms with Gasteiger partial charge in [0.15, 0.2) is 28.1 Å². The van der Waals surface area contributed by atoms with Crippen LogP contribution in [0.1, 0.15) is 20.9 Å². The van der Waals surface area contributed by atoms with Crippen molar-refractivity contribution in [2.24, 2.45) is 0 Å². The van der Waals surface area contributed by atoms with Gasteiger partial charge in [0.1, 0.15) is 6.61 Å². The van der Waals surface area contributed by atoms with Gasteiger partial charge in [0.2, 0.25) is 5.82 Å². The molecule has 21 heavy (non-hydrogen) atoms. The van der Waals surface area contributed by atoms with E-state index in [1.54, 1.807) is 0 Å². The number of carbonyl (C=O) groups excluding carboxylic acids is 1. The van der Waals surface area contributed by atoms with Gasteiger partial charge < -0.3 is 4.74 Å². The second kappa shape index (κ2) is 5.72. The van der Waals surface area contributed by atoms with E-state index in [4.69, 9.17) is 0 Å². The van der Waals surface area contributed by atoms with Crippen LogP contribution in [0.4, 0.5) is 22.0 Å². The highest BCUT2D eigenvalue weighted by molar-refractivity contribution is 7.07. The Morgan fingerprint density at radius 2 is 1.57 bits per heavy atom. The zero-order valence-electron chi connectivity index (χ0n) is 10.2. The zero-order valence-corrected chi connectivity index (χ0v) is 11.0. The standard InChI is InChI=1S/C11H5F5N2O2S/c1-3-10(21-18-17-3)11(19)20-2-4-5(12)7(14)9(16)8(15)6(4)13/h2H2,1H3. The van der Waals surface area contributed by atoms with Crippen molar-refractivity contribution in [2.45, 2.75) is 13.5 Å². The van der Waals surface area contributed by atoms with E-state index in [1.165, 1.54) is 6.92 Å². The lowest BCUT2D eigenvalue weighted by molar-refractivity contribution is 0.0467. The Bertz CT molecular complexity index is 690. The molecule has 0 aliphatic carbocycles. The molecule has 0 amide bonds. The third-order valence-electron chi connectivity index (χ3n) is 2.49. The molecule has 0 aliphatic rings. The maximum absolute atomic E-state index is 13.3. The third kappa shape index (κ3) is 2.71. The highest BCUT2D eigenvalue weighted by atomic mass is 32.1. The van der Waals surface area contributed by atoms with Crippen molar-refractivity contribution >= 4 is 17.5 Å². The van der Waals surface area contributed by atoms with Gasteiger partial charge in [-0.2, -0.15) is 0 Å². The second-order valence-electron chi connectivity index (χ2n) is 3.81. The summed E-state index contributed by atoms with van der Waals surface area (Å²) in [6, 6.07) is 0. The van der Waals surface area contributed by atoms with Gasteiger partial charge in [-0.1, -0.05) is 4.49 Å². The van der Waals surface area contributed by atoms with Gasteiger partial charge in [0.05, 0.1) is 11.3 Å². The first-order chi connectivity index (χ1) is 9.84. The number of esters is 1. The fourth-order valence-corrected chi connectivity index (χ4v) is 1.95. The molecule has 0 fully saturated rings. The van der Waals surface area contributed by atoms with Crippen molar-refractivity contribution in [1.82, 2.24) is 9.59 Å². The highest BCUT2D eigenvalue weighted by Crippen LogP contribution is 2.24. The van der Waals surface area contributed by atoms with E-state index in [0.29, 0.717) is 11.5 Å². The molecule has 0 saturated heterocycles. The lowest BCUT2D eigenvalue weighted by Crippen LogP contribution is -2.11. The number of rotatable bonds is 3. The molecule has 0 N–H and O–H groups in total. The van der Waals surface area contributed by atoms with Crippen LogP contribution < -0.4 is 0 Å². The summed E-state index contributed by atoms with van der Waals surface area (Å²) < 4.78 is 73.4. The maximum atomic E-state index is 13.3. The van der Waals surface area contributed by atoms with E-state index in [-0.39, 0.29) is 10.6 Å². The number of benzene rings is 1. The molecular weight excluding hydrogens is 319 g/mol. The van der Waals surface area contributed by atoms with Crippen LogP contribution in [0.2, 0.25) is 0 Å². The van der Waals surface area contributed by atoms with Crippen molar-refractivity contribution in [2.75, 3.05) is 0 Å². The molecule has 0 saturated carbocycles. The molecule has 1 aromatic carbocycles. The lowest BCUT2D eigenvalue weighted by atomic mass is 10.2. The molecule has 0 unspecified atom stereocenters. The summed E-state index contributed by atoms with van der Waals surface area (Å²) in [4.78, 5) is 11.5. The van der Waals surface area contributed by atoms with Gasteiger partial charge in [-0.3, -0.25) is 0 Å². The van der Waals surface area contributed by atoms with Crippen LogP contribution in [-0.2, 0) is 11.3 Å². The van der Waals surface area contributed by atoms with Crippen molar-refractivity contribution in [3.05, 3.63) is 45.2 Å². The van der Waals surface area contributed by atoms with Crippen molar-refractivity contribution in [3.63, 3.8) is 0 Å². The quantitative estimate of drug-likeness (QED) is 0.377. The van der Waals surface area contributed by atoms with Crippen molar-refractivity contribution < 1.29 is 31.5 Å². The molecular formula is C11H5F5N2O2S. The smallest absolute Gasteiger partial charge is 0.352 e. The zero-order chi connectivity index (χ0) is 15.7. The molecule has 0 radical (unpaired) electrons. The number of carbonyl (C=O) groups is 1. The maximum Gasteiger partial charge on any atom is 0.352 e. The number of ether oxygens (including phenoxy) is 1. The summed E-state index contributed by atoms with van der Waals surface area (Å²) >= 11 is 0.679. The van der Waals surface area contributed by atoms with E-state index in [1.807, 2.05) is 0 Å². The molecule has 0 spiro atoms. The van der Waals surface area contributed by atoms with Crippen LogP contribution in [0.25, 0.3) is 0 Å². The molecule has 2 aromatic rings. The first-order valence-electron chi connectivity index (χ1n) is 5.31. The average Bonchev–Trinajstić information content (AvgIpc) is 2.89. The van der Waals surface area contributed by atoms with E-state index in [9.17, 15) is 26.7 Å². The molecule has 0 bridgehead atoms. The predicted octanol–water partition coefficient (Wildman–Crippen LogP) is 2.90. The number of hydrogen-bond acceptors (Lipinski definition) is 5. The molecule has 4 nitrogen and oxygen atoms in total. The molecule has 2 rings (SSSR count). The summed E-state index contributed by atoms with van der Waals surface area (Å²) in [6.45, 7) is 0.334. The van der Waals surface area contributed by atoms with Crippen LogP contribution >= 0.6 is 11.5 Å². The average molecular weight is 324 g/mol. The minimum Gasteiger partial charge on any atom is -0.456 e. The summed E-state index contributed by atoms with van der Waals surface area (Å²) in [5.41, 5.74) is -1.00. The van der Waals surface area contributed by atoms with Crippen LogP contribution in [0, 0.1) is 36.0 Å². The van der Waals surface area contributed by atoms with Crippen molar-refractivity contribution in [1.29, 1.82) is 0 Å². The molecule has 1 aromatic heterocycles. The number of hydrogen-bond donors (Lipinski definition) is 0. The first kappa shape index (κ1) is 15.3. The number of halogens is 5. The summed E-state index contributed by atoms with van der Waals surface area (Å²) in [6.07, 6.45) is 0. The molecule has 1 heterocycles. The molecule has 0 aliphatic heterocycles. The fourth-order valence-electron chi connectivity index (χ4n) is 1.40. The van der Waals surface area contributed by atoms with Crippen LogP contribution in [0.3, 0.4) is 0 Å². The first-order valence-corrected chi connectivity index (χ1v) is 6.08. The SMILES string of the molecule is Cc1nnsc1C(=O)OCc1c(F)c(F)c(F)c(F)c1F. The molecule has 112 valence electrons. The molecule has 0 atom stereocenters. The Kier molecular flexibility index (Phi) is 4.16.